The minimum absolute atomic E-state index is 0.139. The van der Waals surface area contributed by atoms with E-state index in [1.807, 2.05) is 0 Å². The smallest absolute Gasteiger partial charge is 0.148 e. The molecule has 0 unspecified atom stereocenters. The van der Waals surface area contributed by atoms with Crippen LogP contribution in [-0.4, -0.2) is 25.5 Å². The highest BCUT2D eigenvalue weighted by atomic mass is 79.9. The Labute approximate surface area is 136 Å². The van der Waals surface area contributed by atoms with Gasteiger partial charge in [0.2, 0.25) is 0 Å². The summed E-state index contributed by atoms with van der Waals surface area (Å²) in [6.45, 7) is 0. The number of ether oxygens (including phenoxy) is 2. The van der Waals surface area contributed by atoms with Gasteiger partial charge < -0.3 is 14.6 Å². The van der Waals surface area contributed by atoms with E-state index in [4.69, 9.17) is 21.1 Å². The average molecular weight is 371 g/mol. The van der Waals surface area contributed by atoms with Crippen molar-refractivity contribution in [3.05, 3.63) is 45.4 Å². The first-order chi connectivity index (χ1) is 10.0. The van der Waals surface area contributed by atoms with Gasteiger partial charge in [-0.15, -0.1) is 0 Å². The van der Waals surface area contributed by atoms with Gasteiger partial charge >= 0.3 is 0 Å². The van der Waals surface area contributed by atoms with Gasteiger partial charge in [-0.3, -0.25) is 4.99 Å². The minimum atomic E-state index is 0.139. The highest BCUT2D eigenvalue weighted by Crippen LogP contribution is 2.37. The number of nitrogens with zero attached hydrogens (tertiary/aromatic N) is 1. The van der Waals surface area contributed by atoms with E-state index < -0.39 is 0 Å². The Balaban J connectivity index is 2.40. The van der Waals surface area contributed by atoms with Gasteiger partial charge in [-0.1, -0.05) is 27.5 Å². The SMILES string of the molecule is COc1cc(OC)c(N=Cc2cc(Br)ccc2O)cc1Cl. The summed E-state index contributed by atoms with van der Waals surface area (Å²) in [6.07, 6.45) is 1.54. The molecule has 0 saturated heterocycles. The largest absolute Gasteiger partial charge is 0.507 e. The third kappa shape index (κ3) is 3.68. The van der Waals surface area contributed by atoms with E-state index in [9.17, 15) is 5.11 Å². The molecule has 0 fully saturated rings. The molecule has 0 spiro atoms. The fourth-order valence-corrected chi connectivity index (χ4v) is 2.33. The third-order valence-electron chi connectivity index (χ3n) is 2.79. The van der Waals surface area contributed by atoms with E-state index in [1.54, 1.807) is 36.5 Å². The molecule has 0 amide bonds. The molecule has 2 aromatic carbocycles. The predicted octanol–water partition coefficient (Wildman–Crippen LogP) is 4.58. The maximum atomic E-state index is 9.79. The first-order valence-corrected chi connectivity index (χ1v) is 7.16. The van der Waals surface area contributed by atoms with Gasteiger partial charge in [0.25, 0.3) is 0 Å². The molecule has 0 heterocycles. The molecule has 2 aromatic rings. The van der Waals surface area contributed by atoms with E-state index in [0.29, 0.717) is 27.8 Å². The van der Waals surface area contributed by atoms with Crippen molar-refractivity contribution in [2.75, 3.05) is 14.2 Å². The lowest BCUT2D eigenvalue weighted by atomic mass is 10.2. The Morgan fingerprint density at radius 1 is 1.14 bits per heavy atom. The van der Waals surface area contributed by atoms with Crippen molar-refractivity contribution in [2.45, 2.75) is 0 Å². The predicted molar refractivity (Wildman–Crippen MR) is 87.6 cm³/mol. The van der Waals surface area contributed by atoms with Crippen LogP contribution in [0.4, 0.5) is 5.69 Å². The van der Waals surface area contributed by atoms with Crippen molar-refractivity contribution in [3.8, 4) is 17.2 Å². The second kappa shape index (κ2) is 6.83. The van der Waals surface area contributed by atoms with Crippen LogP contribution in [0.15, 0.2) is 39.8 Å². The second-order valence-electron chi connectivity index (χ2n) is 4.12. The zero-order valence-corrected chi connectivity index (χ0v) is 13.8. The van der Waals surface area contributed by atoms with E-state index in [-0.39, 0.29) is 5.75 Å². The van der Waals surface area contributed by atoms with E-state index in [0.717, 1.165) is 4.47 Å². The summed E-state index contributed by atoms with van der Waals surface area (Å²) in [6, 6.07) is 8.40. The molecular formula is C15H13BrClNO3. The number of hydrogen-bond acceptors (Lipinski definition) is 4. The van der Waals surface area contributed by atoms with Crippen LogP contribution in [0, 0.1) is 0 Å². The van der Waals surface area contributed by atoms with Gasteiger partial charge in [0.15, 0.2) is 0 Å². The van der Waals surface area contributed by atoms with Gasteiger partial charge in [-0.25, -0.2) is 0 Å². The van der Waals surface area contributed by atoms with Gasteiger partial charge in [0.1, 0.15) is 22.9 Å². The normalized spacial score (nSPS) is 10.9. The Hall–Kier alpha value is -1.72. The summed E-state index contributed by atoms with van der Waals surface area (Å²) in [4.78, 5) is 4.31. The summed E-state index contributed by atoms with van der Waals surface area (Å²) < 4.78 is 11.2. The fourth-order valence-electron chi connectivity index (χ4n) is 1.71. The van der Waals surface area contributed by atoms with Crippen LogP contribution < -0.4 is 9.47 Å². The number of phenolic OH excluding ortho intramolecular Hbond substituents is 1. The lowest BCUT2D eigenvalue weighted by molar-refractivity contribution is 0.395. The third-order valence-corrected chi connectivity index (χ3v) is 3.57. The van der Waals surface area contributed by atoms with Crippen molar-refractivity contribution < 1.29 is 14.6 Å². The molecule has 0 atom stereocenters. The van der Waals surface area contributed by atoms with Gasteiger partial charge in [-0.2, -0.15) is 0 Å². The lowest BCUT2D eigenvalue weighted by Crippen LogP contribution is -1.89. The summed E-state index contributed by atoms with van der Waals surface area (Å²) in [7, 11) is 3.07. The number of aromatic hydroxyl groups is 1. The molecule has 6 heteroatoms. The van der Waals surface area contributed by atoms with E-state index in [1.165, 1.54) is 14.2 Å². The highest BCUT2D eigenvalue weighted by Gasteiger charge is 2.09. The van der Waals surface area contributed by atoms with Crippen molar-refractivity contribution in [3.63, 3.8) is 0 Å². The minimum Gasteiger partial charge on any atom is -0.507 e. The van der Waals surface area contributed by atoms with Crippen LogP contribution in [0.25, 0.3) is 0 Å². The first-order valence-electron chi connectivity index (χ1n) is 5.99. The van der Waals surface area contributed by atoms with Crippen LogP contribution >= 0.6 is 27.5 Å². The maximum Gasteiger partial charge on any atom is 0.148 e. The Morgan fingerprint density at radius 2 is 1.86 bits per heavy atom. The molecule has 1 N–H and O–H groups in total. The Bertz CT molecular complexity index is 689. The molecule has 0 saturated carbocycles. The number of methoxy groups -OCH3 is 2. The summed E-state index contributed by atoms with van der Waals surface area (Å²) in [5.74, 6) is 1.18. The lowest BCUT2D eigenvalue weighted by Gasteiger charge is -2.09. The van der Waals surface area contributed by atoms with Crippen LogP contribution in [0.1, 0.15) is 5.56 Å². The first kappa shape index (κ1) is 15.7. The number of halogens is 2. The molecule has 0 bridgehead atoms. The monoisotopic (exact) mass is 369 g/mol. The molecule has 0 aliphatic carbocycles. The summed E-state index contributed by atoms with van der Waals surface area (Å²) >= 11 is 9.43. The van der Waals surface area contributed by atoms with Gasteiger partial charge in [-0.05, 0) is 24.3 Å². The topological polar surface area (TPSA) is 51.0 Å². The van der Waals surface area contributed by atoms with Crippen LogP contribution in [-0.2, 0) is 0 Å². The molecule has 0 aromatic heterocycles. The molecule has 0 aliphatic heterocycles. The van der Waals surface area contributed by atoms with Crippen LogP contribution in [0.3, 0.4) is 0 Å². The number of rotatable bonds is 4. The zero-order chi connectivity index (χ0) is 15.4. The number of phenols is 1. The maximum absolute atomic E-state index is 9.79. The van der Waals surface area contributed by atoms with E-state index >= 15 is 0 Å². The number of benzene rings is 2. The Morgan fingerprint density at radius 3 is 2.52 bits per heavy atom. The van der Waals surface area contributed by atoms with Crippen molar-refractivity contribution in [2.24, 2.45) is 4.99 Å². The van der Waals surface area contributed by atoms with Crippen LogP contribution in [0.5, 0.6) is 17.2 Å². The summed E-state index contributed by atoms with van der Waals surface area (Å²) in [5.41, 5.74) is 1.13. The molecule has 21 heavy (non-hydrogen) atoms. The van der Waals surface area contributed by atoms with Gasteiger partial charge in [0, 0.05) is 22.3 Å². The molecule has 0 aliphatic rings. The van der Waals surface area contributed by atoms with Crippen molar-refractivity contribution in [1.29, 1.82) is 0 Å². The quantitative estimate of drug-likeness (QED) is 0.802. The highest BCUT2D eigenvalue weighted by molar-refractivity contribution is 9.10. The van der Waals surface area contributed by atoms with Crippen LogP contribution in [0.2, 0.25) is 5.02 Å². The molecule has 4 nitrogen and oxygen atoms in total. The Kier molecular flexibility index (Phi) is 5.09. The summed E-state index contributed by atoms with van der Waals surface area (Å²) in [5, 5.41) is 10.2. The van der Waals surface area contributed by atoms with Gasteiger partial charge in [0.05, 0.1) is 19.2 Å². The molecule has 2 rings (SSSR count). The van der Waals surface area contributed by atoms with E-state index in [2.05, 4.69) is 20.9 Å². The number of hydrogen-bond donors (Lipinski definition) is 1. The number of aliphatic imine (C=N–C) groups is 1. The van der Waals surface area contributed by atoms with Crippen molar-refractivity contribution in [1.82, 2.24) is 0 Å². The van der Waals surface area contributed by atoms with Crippen molar-refractivity contribution >= 4 is 39.4 Å². The zero-order valence-electron chi connectivity index (χ0n) is 11.4. The fraction of sp³-hybridized carbons (Fsp3) is 0.133. The average Bonchev–Trinajstić information content (AvgIpc) is 2.48. The molecular weight excluding hydrogens is 358 g/mol. The second-order valence-corrected chi connectivity index (χ2v) is 5.44. The standard InChI is InChI=1S/C15H13BrClNO3/c1-20-14-7-15(21-2)12(6-11(14)17)18-8-9-5-10(16)3-4-13(9)19/h3-8,19H,1-2H3. The molecule has 110 valence electrons. The molecule has 0 radical (unpaired) electrons.